The zero-order valence-electron chi connectivity index (χ0n) is 11.3. The van der Waals surface area contributed by atoms with Crippen molar-refractivity contribution in [2.45, 2.75) is 19.8 Å². The van der Waals surface area contributed by atoms with Crippen molar-refractivity contribution in [3.8, 4) is 11.5 Å². The van der Waals surface area contributed by atoms with E-state index in [0.29, 0.717) is 16.9 Å². The molecular weight excluding hydrogens is 270 g/mol. The molecule has 0 unspecified atom stereocenters. The fraction of sp³-hybridized carbons (Fsp3) is 0.188. The van der Waals surface area contributed by atoms with Gasteiger partial charge in [0.05, 0.1) is 5.52 Å². The predicted molar refractivity (Wildman–Crippen MR) is 81.9 cm³/mol. The van der Waals surface area contributed by atoms with E-state index < -0.39 is 0 Å². The number of para-hydroxylation sites is 1. The van der Waals surface area contributed by atoms with Crippen molar-refractivity contribution in [2.75, 3.05) is 0 Å². The third-order valence-corrected chi connectivity index (χ3v) is 3.33. The van der Waals surface area contributed by atoms with Crippen LogP contribution in [0.4, 0.5) is 0 Å². The van der Waals surface area contributed by atoms with Gasteiger partial charge in [0.25, 0.3) is 0 Å². The second kappa shape index (κ2) is 5.17. The molecule has 1 aromatic carbocycles. The standard InChI is InChI=1S/C16H14ClN3/c1-10(2)14-9-15(17)20-16(19-14)13-8-7-11-5-3-4-6-12(11)18-13/h3-10H,1-2H3. The lowest BCUT2D eigenvalue weighted by Crippen LogP contribution is -1.99. The van der Waals surface area contributed by atoms with Crippen LogP contribution in [0.5, 0.6) is 0 Å². The van der Waals surface area contributed by atoms with Crippen molar-refractivity contribution in [3.63, 3.8) is 0 Å². The number of pyridine rings is 1. The normalized spacial score (nSPS) is 11.2. The van der Waals surface area contributed by atoms with Gasteiger partial charge in [-0.05, 0) is 24.1 Å². The van der Waals surface area contributed by atoms with Gasteiger partial charge in [-0.25, -0.2) is 15.0 Å². The summed E-state index contributed by atoms with van der Waals surface area (Å²) in [5.41, 5.74) is 2.60. The molecule has 2 heterocycles. The van der Waals surface area contributed by atoms with E-state index in [1.54, 1.807) is 6.07 Å². The molecule has 0 saturated heterocycles. The Balaban J connectivity index is 2.15. The van der Waals surface area contributed by atoms with Crippen LogP contribution < -0.4 is 0 Å². The van der Waals surface area contributed by atoms with Gasteiger partial charge in [0, 0.05) is 11.1 Å². The van der Waals surface area contributed by atoms with Crippen LogP contribution in [0.1, 0.15) is 25.5 Å². The Morgan fingerprint density at radius 1 is 0.950 bits per heavy atom. The lowest BCUT2D eigenvalue weighted by Gasteiger charge is -2.08. The number of nitrogens with zero attached hydrogens (tertiary/aromatic N) is 3. The Morgan fingerprint density at radius 3 is 2.55 bits per heavy atom. The lowest BCUT2D eigenvalue weighted by atomic mass is 10.1. The van der Waals surface area contributed by atoms with Gasteiger partial charge < -0.3 is 0 Å². The molecule has 0 saturated carbocycles. The summed E-state index contributed by atoms with van der Waals surface area (Å²) < 4.78 is 0. The van der Waals surface area contributed by atoms with E-state index in [0.717, 1.165) is 22.3 Å². The molecule has 4 heteroatoms. The minimum Gasteiger partial charge on any atom is -0.244 e. The lowest BCUT2D eigenvalue weighted by molar-refractivity contribution is 0.816. The zero-order valence-corrected chi connectivity index (χ0v) is 12.1. The SMILES string of the molecule is CC(C)c1cc(Cl)nc(-c2ccc3ccccc3n2)n1. The Labute approximate surface area is 122 Å². The molecule has 0 aliphatic carbocycles. The van der Waals surface area contributed by atoms with Crippen LogP contribution in [0.3, 0.4) is 0 Å². The molecule has 0 N–H and O–H groups in total. The van der Waals surface area contributed by atoms with Gasteiger partial charge in [-0.1, -0.05) is 49.7 Å². The molecule has 3 rings (SSSR count). The highest BCUT2D eigenvalue weighted by molar-refractivity contribution is 6.29. The Hall–Kier alpha value is -2.00. The van der Waals surface area contributed by atoms with Crippen LogP contribution in [-0.4, -0.2) is 15.0 Å². The zero-order chi connectivity index (χ0) is 14.1. The van der Waals surface area contributed by atoms with Crippen molar-refractivity contribution < 1.29 is 0 Å². The summed E-state index contributed by atoms with van der Waals surface area (Å²) in [5.74, 6) is 0.877. The average Bonchev–Trinajstić information content (AvgIpc) is 2.46. The van der Waals surface area contributed by atoms with E-state index in [2.05, 4.69) is 28.8 Å². The fourth-order valence-electron chi connectivity index (χ4n) is 2.04. The highest BCUT2D eigenvalue weighted by Crippen LogP contribution is 2.22. The van der Waals surface area contributed by atoms with Crippen molar-refractivity contribution in [1.82, 2.24) is 15.0 Å². The van der Waals surface area contributed by atoms with Gasteiger partial charge in [0.1, 0.15) is 10.8 Å². The molecular formula is C16H14ClN3. The summed E-state index contributed by atoms with van der Waals surface area (Å²) in [6.07, 6.45) is 0. The maximum absolute atomic E-state index is 6.08. The number of hydrogen-bond acceptors (Lipinski definition) is 3. The van der Waals surface area contributed by atoms with Gasteiger partial charge in [0.15, 0.2) is 5.82 Å². The van der Waals surface area contributed by atoms with E-state index in [1.807, 2.05) is 36.4 Å². The fourth-order valence-corrected chi connectivity index (χ4v) is 2.23. The summed E-state index contributed by atoms with van der Waals surface area (Å²) >= 11 is 6.08. The van der Waals surface area contributed by atoms with Crippen molar-refractivity contribution in [2.24, 2.45) is 0 Å². The molecule has 0 spiro atoms. The van der Waals surface area contributed by atoms with Gasteiger partial charge in [0.2, 0.25) is 0 Å². The highest BCUT2D eigenvalue weighted by atomic mass is 35.5. The second-order valence-corrected chi connectivity index (χ2v) is 5.37. The molecule has 100 valence electrons. The second-order valence-electron chi connectivity index (χ2n) is 4.98. The van der Waals surface area contributed by atoms with Gasteiger partial charge >= 0.3 is 0 Å². The number of aromatic nitrogens is 3. The van der Waals surface area contributed by atoms with Crippen molar-refractivity contribution in [3.05, 3.63) is 53.3 Å². The summed E-state index contributed by atoms with van der Waals surface area (Å²) in [6, 6.07) is 13.7. The number of fused-ring (bicyclic) bond motifs is 1. The molecule has 0 radical (unpaired) electrons. The smallest absolute Gasteiger partial charge is 0.179 e. The Kier molecular flexibility index (Phi) is 3.36. The maximum Gasteiger partial charge on any atom is 0.179 e. The predicted octanol–water partition coefficient (Wildman–Crippen LogP) is 4.47. The third kappa shape index (κ3) is 2.49. The molecule has 0 aliphatic heterocycles. The van der Waals surface area contributed by atoms with E-state index in [4.69, 9.17) is 11.6 Å². The van der Waals surface area contributed by atoms with E-state index in [1.165, 1.54) is 0 Å². The van der Waals surface area contributed by atoms with Crippen molar-refractivity contribution in [1.29, 1.82) is 0 Å². The van der Waals surface area contributed by atoms with Crippen LogP contribution in [-0.2, 0) is 0 Å². The quantitative estimate of drug-likeness (QED) is 0.651. The first-order valence-corrected chi connectivity index (χ1v) is 6.92. The molecule has 0 bridgehead atoms. The third-order valence-electron chi connectivity index (χ3n) is 3.13. The van der Waals surface area contributed by atoms with Gasteiger partial charge in [-0.3, -0.25) is 0 Å². The van der Waals surface area contributed by atoms with Gasteiger partial charge in [-0.2, -0.15) is 0 Å². The van der Waals surface area contributed by atoms with Crippen LogP contribution in [0.2, 0.25) is 5.15 Å². The minimum absolute atomic E-state index is 0.301. The summed E-state index contributed by atoms with van der Waals surface area (Å²) in [7, 11) is 0. The number of hydrogen-bond donors (Lipinski definition) is 0. The molecule has 3 aromatic rings. The summed E-state index contributed by atoms with van der Waals surface area (Å²) in [4.78, 5) is 13.4. The first-order chi connectivity index (χ1) is 9.63. The first-order valence-electron chi connectivity index (χ1n) is 6.54. The van der Waals surface area contributed by atoms with Crippen LogP contribution in [0.15, 0.2) is 42.5 Å². The number of rotatable bonds is 2. The summed E-state index contributed by atoms with van der Waals surface area (Å²) in [6.45, 7) is 4.16. The highest BCUT2D eigenvalue weighted by Gasteiger charge is 2.10. The molecule has 0 atom stereocenters. The van der Waals surface area contributed by atoms with Gasteiger partial charge in [-0.15, -0.1) is 0 Å². The molecule has 20 heavy (non-hydrogen) atoms. The average molecular weight is 284 g/mol. The topological polar surface area (TPSA) is 38.7 Å². The maximum atomic E-state index is 6.08. The number of benzene rings is 1. The molecule has 0 fully saturated rings. The number of halogens is 1. The first kappa shape index (κ1) is 13.0. The molecule has 3 nitrogen and oxygen atoms in total. The van der Waals surface area contributed by atoms with Crippen LogP contribution >= 0.6 is 11.6 Å². The van der Waals surface area contributed by atoms with Crippen LogP contribution in [0, 0.1) is 0 Å². The molecule has 0 amide bonds. The molecule has 2 aromatic heterocycles. The van der Waals surface area contributed by atoms with E-state index in [9.17, 15) is 0 Å². The van der Waals surface area contributed by atoms with E-state index >= 15 is 0 Å². The Morgan fingerprint density at radius 2 is 1.75 bits per heavy atom. The Bertz CT molecular complexity index is 769. The van der Waals surface area contributed by atoms with Crippen molar-refractivity contribution >= 4 is 22.5 Å². The van der Waals surface area contributed by atoms with E-state index in [-0.39, 0.29) is 0 Å². The van der Waals surface area contributed by atoms with Crippen LogP contribution in [0.25, 0.3) is 22.4 Å². The summed E-state index contributed by atoms with van der Waals surface area (Å²) in [5, 5.41) is 1.55. The minimum atomic E-state index is 0.301. The monoisotopic (exact) mass is 283 g/mol. The molecule has 0 aliphatic rings. The largest absolute Gasteiger partial charge is 0.244 e.